The van der Waals surface area contributed by atoms with Crippen LogP contribution >= 0.6 is 11.3 Å². The lowest BCUT2D eigenvalue weighted by Crippen LogP contribution is -2.39. The Hall–Kier alpha value is -2.48. The first-order valence-electron chi connectivity index (χ1n) is 7.34. The fourth-order valence-corrected chi connectivity index (χ4v) is 3.43. The van der Waals surface area contributed by atoms with Crippen LogP contribution in [0.15, 0.2) is 24.5 Å². The summed E-state index contributed by atoms with van der Waals surface area (Å²) >= 11 is 1.40. The molecule has 3 rings (SSSR count). The van der Waals surface area contributed by atoms with E-state index in [1.54, 1.807) is 36.5 Å². The Morgan fingerprint density at radius 3 is 2.70 bits per heavy atom. The Morgan fingerprint density at radius 1 is 1.22 bits per heavy atom. The summed E-state index contributed by atoms with van der Waals surface area (Å²) in [6.07, 6.45) is 4.64. The molecular formula is C15H17N5O2S. The second-order valence-electron chi connectivity index (χ2n) is 5.12. The Balaban J connectivity index is 1.69. The standard InChI is InChI=1S/C15H17N5O2S/c1-16-15(22)20-8-4-11-12(5-9-20)23-14(19-11)13(21)18-10-2-6-17-7-3-10/h2-3,6-7H,4-5,8-9H2,1H3,(H,16,22)(H,17,18,21). The number of carbonyl (C=O) groups excluding carboxylic acids is 2. The van der Waals surface area contributed by atoms with E-state index < -0.39 is 0 Å². The maximum Gasteiger partial charge on any atom is 0.317 e. The number of nitrogens with zero attached hydrogens (tertiary/aromatic N) is 3. The monoisotopic (exact) mass is 331 g/mol. The number of anilines is 1. The summed E-state index contributed by atoms with van der Waals surface area (Å²) in [5.74, 6) is -0.211. The van der Waals surface area contributed by atoms with Crippen molar-refractivity contribution in [2.24, 2.45) is 0 Å². The van der Waals surface area contributed by atoms with E-state index in [2.05, 4.69) is 20.6 Å². The van der Waals surface area contributed by atoms with E-state index in [1.807, 2.05) is 0 Å². The lowest BCUT2D eigenvalue weighted by molar-refractivity contribution is 0.102. The molecule has 0 saturated heterocycles. The Labute approximate surface area is 137 Å². The summed E-state index contributed by atoms with van der Waals surface area (Å²) in [5, 5.41) is 5.91. The maximum absolute atomic E-state index is 12.3. The number of urea groups is 1. The molecule has 1 aliphatic rings. The number of hydrogen-bond acceptors (Lipinski definition) is 5. The molecule has 0 bridgehead atoms. The van der Waals surface area contributed by atoms with Crippen LogP contribution in [0.5, 0.6) is 0 Å². The molecule has 2 N–H and O–H groups in total. The number of fused-ring (bicyclic) bond motifs is 1. The van der Waals surface area contributed by atoms with Gasteiger partial charge in [-0.05, 0) is 12.1 Å². The van der Waals surface area contributed by atoms with Gasteiger partial charge in [-0.3, -0.25) is 9.78 Å². The van der Waals surface area contributed by atoms with Crippen molar-refractivity contribution >= 4 is 29.0 Å². The topological polar surface area (TPSA) is 87.2 Å². The normalized spacial score (nSPS) is 13.9. The molecule has 2 aromatic heterocycles. The van der Waals surface area contributed by atoms with Crippen molar-refractivity contribution < 1.29 is 9.59 Å². The summed E-state index contributed by atoms with van der Waals surface area (Å²) < 4.78 is 0. The molecule has 23 heavy (non-hydrogen) atoms. The van der Waals surface area contributed by atoms with Crippen molar-refractivity contribution in [3.63, 3.8) is 0 Å². The molecule has 3 heterocycles. The van der Waals surface area contributed by atoms with E-state index in [-0.39, 0.29) is 11.9 Å². The van der Waals surface area contributed by atoms with Crippen LogP contribution in [0, 0.1) is 0 Å². The fourth-order valence-electron chi connectivity index (χ4n) is 2.44. The number of thiazole rings is 1. The third kappa shape index (κ3) is 3.48. The lowest BCUT2D eigenvalue weighted by atomic mass is 10.2. The Morgan fingerprint density at radius 2 is 1.96 bits per heavy atom. The second-order valence-corrected chi connectivity index (χ2v) is 6.20. The maximum atomic E-state index is 12.3. The predicted octanol–water partition coefficient (Wildman–Crippen LogP) is 1.53. The van der Waals surface area contributed by atoms with Gasteiger partial charge >= 0.3 is 6.03 Å². The van der Waals surface area contributed by atoms with Crippen molar-refractivity contribution in [1.82, 2.24) is 20.2 Å². The summed E-state index contributed by atoms with van der Waals surface area (Å²) in [6, 6.07) is 3.39. The number of nitrogens with one attached hydrogen (secondary N) is 2. The van der Waals surface area contributed by atoms with E-state index in [4.69, 9.17) is 0 Å². The quantitative estimate of drug-likeness (QED) is 0.874. The molecule has 0 unspecified atom stereocenters. The van der Waals surface area contributed by atoms with Crippen LogP contribution in [0.2, 0.25) is 0 Å². The molecule has 0 saturated carbocycles. The Bertz CT molecular complexity index is 690. The van der Waals surface area contributed by atoms with Gasteiger partial charge in [0.2, 0.25) is 0 Å². The highest BCUT2D eigenvalue weighted by Crippen LogP contribution is 2.23. The summed E-state index contributed by atoms with van der Waals surface area (Å²) in [6.45, 7) is 1.25. The average molecular weight is 331 g/mol. The van der Waals surface area contributed by atoms with Gasteiger partial charge in [0.1, 0.15) is 0 Å². The van der Waals surface area contributed by atoms with E-state index in [1.165, 1.54) is 11.3 Å². The molecule has 0 fully saturated rings. The predicted molar refractivity (Wildman–Crippen MR) is 87.7 cm³/mol. The van der Waals surface area contributed by atoms with Crippen molar-refractivity contribution in [3.8, 4) is 0 Å². The van der Waals surface area contributed by atoms with E-state index in [9.17, 15) is 9.59 Å². The zero-order valence-corrected chi connectivity index (χ0v) is 13.5. The van der Waals surface area contributed by atoms with Gasteiger partial charge in [-0.15, -0.1) is 11.3 Å². The number of amides is 3. The van der Waals surface area contributed by atoms with E-state index >= 15 is 0 Å². The molecule has 120 valence electrons. The minimum absolute atomic E-state index is 0.0733. The minimum Gasteiger partial charge on any atom is -0.341 e. The summed E-state index contributed by atoms with van der Waals surface area (Å²) in [7, 11) is 1.63. The van der Waals surface area contributed by atoms with Gasteiger partial charge in [-0.2, -0.15) is 0 Å². The van der Waals surface area contributed by atoms with Gasteiger partial charge < -0.3 is 15.5 Å². The molecule has 3 amide bonds. The summed E-state index contributed by atoms with van der Waals surface area (Å²) in [5.41, 5.74) is 1.61. The summed E-state index contributed by atoms with van der Waals surface area (Å²) in [4.78, 5) is 35.2. The molecule has 0 spiro atoms. The number of rotatable bonds is 2. The van der Waals surface area contributed by atoms with Gasteiger partial charge in [-0.1, -0.05) is 0 Å². The highest BCUT2D eigenvalue weighted by atomic mass is 32.1. The van der Waals surface area contributed by atoms with Crippen molar-refractivity contribution in [1.29, 1.82) is 0 Å². The fraction of sp³-hybridized carbons (Fsp3) is 0.333. The molecule has 7 nitrogen and oxygen atoms in total. The minimum atomic E-state index is -0.211. The molecule has 2 aromatic rings. The van der Waals surface area contributed by atoms with Crippen LogP contribution in [0.4, 0.5) is 10.5 Å². The highest BCUT2D eigenvalue weighted by molar-refractivity contribution is 7.13. The third-order valence-electron chi connectivity index (χ3n) is 3.64. The van der Waals surface area contributed by atoms with Crippen LogP contribution in [0.3, 0.4) is 0 Å². The number of aromatic nitrogens is 2. The van der Waals surface area contributed by atoms with Crippen LogP contribution in [-0.2, 0) is 12.8 Å². The molecule has 0 aliphatic carbocycles. The van der Waals surface area contributed by atoms with Crippen LogP contribution in [0.25, 0.3) is 0 Å². The molecule has 8 heteroatoms. The van der Waals surface area contributed by atoms with Crippen molar-refractivity contribution in [3.05, 3.63) is 40.1 Å². The largest absolute Gasteiger partial charge is 0.341 e. The molecular weight excluding hydrogens is 314 g/mol. The highest BCUT2D eigenvalue weighted by Gasteiger charge is 2.22. The van der Waals surface area contributed by atoms with Gasteiger partial charge in [0.25, 0.3) is 5.91 Å². The van der Waals surface area contributed by atoms with Crippen LogP contribution < -0.4 is 10.6 Å². The number of carbonyl (C=O) groups is 2. The lowest BCUT2D eigenvalue weighted by Gasteiger charge is -2.19. The van der Waals surface area contributed by atoms with Crippen molar-refractivity contribution in [2.45, 2.75) is 12.8 Å². The molecule has 1 aliphatic heterocycles. The number of pyridine rings is 1. The zero-order chi connectivity index (χ0) is 16.2. The van der Waals surface area contributed by atoms with Crippen LogP contribution in [-0.4, -0.2) is 46.9 Å². The SMILES string of the molecule is CNC(=O)N1CCc2nc(C(=O)Nc3ccncc3)sc2CC1. The van der Waals surface area contributed by atoms with Crippen LogP contribution in [0.1, 0.15) is 20.4 Å². The first kappa shape index (κ1) is 15.4. The molecule has 0 radical (unpaired) electrons. The first-order chi connectivity index (χ1) is 11.2. The molecule has 0 atom stereocenters. The van der Waals surface area contributed by atoms with E-state index in [0.717, 1.165) is 17.0 Å². The third-order valence-corrected chi connectivity index (χ3v) is 4.80. The first-order valence-corrected chi connectivity index (χ1v) is 8.15. The molecule has 0 aromatic carbocycles. The van der Waals surface area contributed by atoms with Crippen molar-refractivity contribution in [2.75, 3.05) is 25.5 Å². The van der Waals surface area contributed by atoms with Gasteiger partial charge in [0.15, 0.2) is 5.01 Å². The van der Waals surface area contributed by atoms with E-state index in [0.29, 0.717) is 30.2 Å². The van der Waals surface area contributed by atoms with Gasteiger partial charge in [0, 0.05) is 55.9 Å². The second kappa shape index (κ2) is 6.74. The van der Waals surface area contributed by atoms with Gasteiger partial charge in [0.05, 0.1) is 5.69 Å². The zero-order valence-electron chi connectivity index (χ0n) is 12.7. The smallest absolute Gasteiger partial charge is 0.317 e. The van der Waals surface area contributed by atoms with Gasteiger partial charge in [-0.25, -0.2) is 9.78 Å². The number of hydrogen-bond donors (Lipinski definition) is 2. The Kier molecular flexibility index (Phi) is 4.52. The average Bonchev–Trinajstić information content (AvgIpc) is 2.89.